The Balaban J connectivity index is 2.43. The number of hydrogen-bond acceptors (Lipinski definition) is 4. The Morgan fingerprint density at radius 1 is 1.69 bits per heavy atom. The van der Waals surface area contributed by atoms with Gasteiger partial charge in [-0.05, 0) is 12.3 Å². The lowest BCUT2D eigenvalue weighted by Crippen LogP contribution is -2.11. The van der Waals surface area contributed by atoms with Crippen LogP contribution in [0.1, 0.15) is 25.1 Å². The fraction of sp³-hybridized carbons (Fsp3) is 0.667. The maximum atomic E-state index is 9.79. The number of nitrogens with zero attached hydrogens (tertiary/aromatic N) is 1. The van der Waals surface area contributed by atoms with E-state index < -0.39 is 6.10 Å². The van der Waals surface area contributed by atoms with Crippen molar-refractivity contribution in [2.45, 2.75) is 19.4 Å². The van der Waals surface area contributed by atoms with Crippen LogP contribution in [0.3, 0.4) is 0 Å². The fourth-order valence-corrected chi connectivity index (χ4v) is 1.70. The number of aromatic nitrogens is 1. The van der Waals surface area contributed by atoms with Gasteiger partial charge in [-0.2, -0.15) is 0 Å². The first-order chi connectivity index (χ1) is 6.25. The lowest BCUT2D eigenvalue weighted by atomic mass is 9.99. The van der Waals surface area contributed by atoms with Crippen LogP contribution in [0, 0.1) is 5.92 Å². The molecule has 0 saturated carbocycles. The molecule has 0 aliphatic heterocycles. The van der Waals surface area contributed by atoms with Gasteiger partial charge in [0.1, 0.15) is 0 Å². The quantitative estimate of drug-likeness (QED) is 0.790. The van der Waals surface area contributed by atoms with Crippen LogP contribution in [0.2, 0.25) is 0 Å². The van der Waals surface area contributed by atoms with Gasteiger partial charge < -0.3 is 9.84 Å². The molecule has 0 aliphatic carbocycles. The van der Waals surface area contributed by atoms with E-state index in [1.165, 1.54) is 11.3 Å². The number of aliphatic hydroxyl groups excluding tert-OH is 1. The van der Waals surface area contributed by atoms with E-state index in [9.17, 15) is 5.11 Å². The van der Waals surface area contributed by atoms with Crippen molar-refractivity contribution in [1.29, 1.82) is 0 Å². The summed E-state index contributed by atoms with van der Waals surface area (Å²) >= 11 is 1.51. The van der Waals surface area contributed by atoms with Gasteiger partial charge in [0, 0.05) is 19.1 Å². The first-order valence-corrected chi connectivity index (χ1v) is 5.25. The Bertz CT molecular complexity index is 226. The van der Waals surface area contributed by atoms with E-state index in [0.717, 1.165) is 12.1 Å². The summed E-state index contributed by atoms with van der Waals surface area (Å²) in [5.41, 5.74) is 2.51. The molecule has 0 radical (unpaired) electrons. The number of rotatable bonds is 5. The third-order valence-electron chi connectivity index (χ3n) is 2.07. The molecule has 1 aromatic heterocycles. The van der Waals surface area contributed by atoms with E-state index in [1.807, 2.05) is 12.3 Å². The molecule has 74 valence electrons. The second-order valence-electron chi connectivity index (χ2n) is 3.12. The highest BCUT2D eigenvalue weighted by Crippen LogP contribution is 2.23. The predicted molar refractivity (Wildman–Crippen MR) is 52.7 cm³/mol. The second kappa shape index (κ2) is 5.32. The van der Waals surface area contributed by atoms with Crippen molar-refractivity contribution in [2.24, 2.45) is 5.92 Å². The SMILES string of the molecule is COCCC(C)C(O)c1cscn1. The predicted octanol–water partition coefficient (Wildman–Crippen LogP) is 1.85. The maximum absolute atomic E-state index is 9.79. The van der Waals surface area contributed by atoms with E-state index in [1.54, 1.807) is 12.6 Å². The van der Waals surface area contributed by atoms with E-state index in [-0.39, 0.29) is 5.92 Å². The average Bonchev–Trinajstić information content (AvgIpc) is 2.65. The Morgan fingerprint density at radius 3 is 3.00 bits per heavy atom. The summed E-state index contributed by atoms with van der Waals surface area (Å²) in [6, 6.07) is 0. The molecule has 0 fully saturated rings. The molecular weight excluding hydrogens is 186 g/mol. The molecule has 0 aromatic carbocycles. The molecule has 0 amide bonds. The highest BCUT2D eigenvalue weighted by Gasteiger charge is 2.17. The average molecular weight is 201 g/mol. The summed E-state index contributed by atoms with van der Waals surface area (Å²) in [6.07, 6.45) is 0.399. The molecule has 0 saturated heterocycles. The second-order valence-corrected chi connectivity index (χ2v) is 3.84. The molecule has 1 heterocycles. The third kappa shape index (κ3) is 3.06. The Kier molecular flexibility index (Phi) is 4.35. The fourth-order valence-electron chi connectivity index (χ4n) is 1.12. The van der Waals surface area contributed by atoms with Crippen molar-refractivity contribution in [3.05, 3.63) is 16.6 Å². The number of hydrogen-bond donors (Lipinski definition) is 1. The van der Waals surface area contributed by atoms with Crippen LogP contribution in [-0.2, 0) is 4.74 Å². The van der Waals surface area contributed by atoms with Crippen molar-refractivity contribution in [3.8, 4) is 0 Å². The van der Waals surface area contributed by atoms with Crippen LogP contribution in [0.25, 0.3) is 0 Å². The number of aliphatic hydroxyl groups is 1. The van der Waals surface area contributed by atoms with Gasteiger partial charge in [0.15, 0.2) is 0 Å². The van der Waals surface area contributed by atoms with E-state index >= 15 is 0 Å². The number of methoxy groups -OCH3 is 1. The van der Waals surface area contributed by atoms with Crippen molar-refractivity contribution < 1.29 is 9.84 Å². The normalized spacial score (nSPS) is 15.6. The minimum absolute atomic E-state index is 0.196. The van der Waals surface area contributed by atoms with Crippen LogP contribution in [0.5, 0.6) is 0 Å². The molecule has 13 heavy (non-hydrogen) atoms. The van der Waals surface area contributed by atoms with Crippen molar-refractivity contribution in [2.75, 3.05) is 13.7 Å². The minimum Gasteiger partial charge on any atom is -0.386 e. The molecule has 3 nitrogen and oxygen atoms in total. The molecule has 4 heteroatoms. The van der Waals surface area contributed by atoms with Crippen LogP contribution >= 0.6 is 11.3 Å². The zero-order valence-corrected chi connectivity index (χ0v) is 8.75. The lowest BCUT2D eigenvalue weighted by Gasteiger charge is -2.16. The lowest BCUT2D eigenvalue weighted by molar-refractivity contribution is 0.0859. The first kappa shape index (κ1) is 10.6. The van der Waals surface area contributed by atoms with Crippen LogP contribution in [0.4, 0.5) is 0 Å². The largest absolute Gasteiger partial charge is 0.386 e. The summed E-state index contributed by atoms with van der Waals surface area (Å²) in [5, 5.41) is 11.7. The Morgan fingerprint density at radius 2 is 2.46 bits per heavy atom. The van der Waals surface area contributed by atoms with Gasteiger partial charge in [0.25, 0.3) is 0 Å². The maximum Gasteiger partial charge on any atom is 0.0994 e. The van der Waals surface area contributed by atoms with Crippen LogP contribution in [-0.4, -0.2) is 23.8 Å². The first-order valence-electron chi connectivity index (χ1n) is 4.30. The number of ether oxygens (including phenoxy) is 1. The Labute approximate surface area is 82.4 Å². The zero-order valence-electron chi connectivity index (χ0n) is 7.93. The van der Waals surface area contributed by atoms with Gasteiger partial charge in [-0.25, -0.2) is 4.98 Å². The van der Waals surface area contributed by atoms with Gasteiger partial charge in [-0.3, -0.25) is 0 Å². The van der Waals surface area contributed by atoms with Crippen molar-refractivity contribution in [1.82, 2.24) is 4.98 Å². The van der Waals surface area contributed by atoms with Gasteiger partial charge in [0.05, 0.1) is 17.3 Å². The van der Waals surface area contributed by atoms with Gasteiger partial charge >= 0.3 is 0 Å². The van der Waals surface area contributed by atoms with E-state index in [4.69, 9.17) is 4.74 Å². The topological polar surface area (TPSA) is 42.4 Å². The molecule has 2 unspecified atom stereocenters. The summed E-state index contributed by atoms with van der Waals surface area (Å²) in [6.45, 7) is 2.69. The number of thiazole rings is 1. The summed E-state index contributed by atoms with van der Waals surface area (Å²) in [7, 11) is 1.67. The van der Waals surface area contributed by atoms with Crippen molar-refractivity contribution >= 4 is 11.3 Å². The van der Waals surface area contributed by atoms with E-state index in [2.05, 4.69) is 4.98 Å². The van der Waals surface area contributed by atoms with Crippen LogP contribution < -0.4 is 0 Å². The van der Waals surface area contributed by atoms with Crippen molar-refractivity contribution in [3.63, 3.8) is 0 Å². The third-order valence-corrected chi connectivity index (χ3v) is 2.68. The molecule has 1 aromatic rings. The smallest absolute Gasteiger partial charge is 0.0994 e. The summed E-state index contributed by atoms with van der Waals surface area (Å²) in [5.74, 6) is 0.196. The van der Waals surface area contributed by atoms with E-state index in [0.29, 0.717) is 6.61 Å². The summed E-state index contributed by atoms with van der Waals surface area (Å²) in [4.78, 5) is 4.07. The van der Waals surface area contributed by atoms with Gasteiger partial charge in [0.2, 0.25) is 0 Å². The molecule has 2 atom stereocenters. The highest BCUT2D eigenvalue weighted by molar-refractivity contribution is 7.07. The highest BCUT2D eigenvalue weighted by atomic mass is 32.1. The zero-order chi connectivity index (χ0) is 9.68. The monoisotopic (exact) mass is 201 g/mol. The Hall–Kier alpha value is -0.450. The minimum atomic E-state index is -0.457. The molecular formula is C9H15NO2S. The van der Waals surface area contributed by atoms with Crippen LogP contribution in [0.15, 0.2) is 10.9 Å². The molecule has 1 rings (SSSR count). The molecule has 0 spiro atoms. The molecule has 0 bridgehead atoms. The molecule has 1 N–H and O–H groups in total. The summed E-state index contributed by atoms with van der Waals surface area (Å²) < 4.78 is 4.95. The molecule has 0 aliphatic rings. The van der Waals surface area contributed by atoms with Gasteiger partial charge in [-0.15, -0.1) is 11.3 Å². The van der Waals surface area contributed by atoms with Gasteiger partial charge in [-0.1, -0.05) is 6.92 Å². The standard InChI is InChI=1S/C9H15NO2S/c1-7(3-4-12-2)9(11)8-5-13-6-10-8/h5-7,9,11H,3-4H2,1-2H3.